The molecule has 0 aliphatic heterocycles. The highest BCUT2D eigenvalue weighted by atomic mass is 16.1. The smallest absolute Gasteiger partial charge is 0.226 e. The molecule has 1 rings (SSSR count). The van der Waals surface area contributed by atoms with Gasteiger partial charge in [0.05, 0.1) is 5.92 Å². The molecule has 14 heavy (non-hydrogen) atoms. The van der Waals surface area contributed by atoms with Gasteiger partial charge in [0.25, 0.3) is 0 Å². The molecule has 0 saturated heterocycles. The van der Waals surface area contributed by atoms with Crippen LogP contribution in [-0.4, -0.2) is 13.0 Å². The van der Waals surface area contributed by atoms with Gasteiger partial charge in [-0.2, -0.15) is 0 Å². The highest BCUT2D eigenvalue weighted by molar-refractivity contribution is 5.80. The summed E-state index contributed by atoms with van der Waals surface area (Å²) in [6.07, 6.45) is 7.67. The van der Waals surface area contributed by atoms with E-state index in [2.05, 4.69) is 31.3 Å². The number of carbonyl (C=O) groups is 1. The van der Waals surface area contributed by atoms with Crippen molar-refractivity contribution in [2.75, 3.05) is 7.05 Å². The summed E-state index contributed by atoms with van der Waals surface area (Å²) in [6, 6.07) is 0. The number of allylic oxidation sites excluding steroid dienone is 1. The molecule has 80 valence electrons. The van der Waals surface area contributed by atoms with Crippen LogP contribution in [0.25, 0.3) is 0 Å². The highest BCUT2D eigenvalue weighted by Gasteiger charge is 2.31. The van der Waals surface area contributed by atoms with Gasteiger partial charge in [0.15, 0.2) is 0 Å². The van der Waals surface area contributed by atoms with Gasteiger partial charge in [0.2, 0.25) is 5.91 Å². The Kier molecular flexibility index (Phi) is 4.18. The van der Waals surface area contributed by atoms with Crippen LogP contribution in [0.15, 0.2) is 12.2 Å². The zero-order valence-corrected chi connectivity index (χ0v) is 9.42. The molecular weight excluding hydrogens is 174 g/mol. The minimum Gasteiger partial charge on any atom is -0.359 e. The molecule has 3 unspecified atom stereocenters. The van der Waals surface area contributed by atoms with Gasteiger partial charge in [-0.05, 0) is 18.3 Å². The van der Waals surface area contributed by atoms with E-state index in [0.29, 0.717) is 11.8 Å². The summed E-state index contributed by atoms with van der Waals surface area (Å²) in [5.74, 6) is 1.49. The molecule has 0 aromatic carbocycles. The number of nitrogens with one attached hydrogen (secondary N) is 1. The Morgan fingerprint density at radius 1 is 1.43 bits per heavy atom. The Labute approximate surface area is 86.8 Å². The fourth-order valence-electron chi connectivity index (χ4n) is 2.52. The van der Waals surface area contributed by atoms with E-state index >= 15 is 0 Å². The molecule has 2 heteroatoms. The van der Waals surface area contributed by atoms with Crippen LogP contribution in [-0.2, 0) is 4.79 Å². The van der Waals surface area contributed by atoms with E-state index in [-0.39, 0.29) is 11.8 Å². The summed E-state index contributed by atoms with van der Waals surface area (Å²) >= 11 is 0. The van der Waals surface area contributed by atoms with Crippen molar-refractivity contribution in [3.8, 4) is 0 Å². The zero-order chi connectivity index (χ0) is 10.6. The van der Waals surface area contributed by atoms with Crippen LogP contribution in [0.2, 0.25) is 0 Å². The molecule has 0 saturated carbocycles. The normalized spacial score (nSPS) is 31.5. The lowest BCUT2D eigenvalue weighted by atomic mass is 9.73. The minimum atomic E-state index is 0.101. The van der Waals surface area contributed by atoms with Gasteiger partial charge >= 0.3 is 0 Å². The quantitative estimate of drug-likeness (QED) is 0.688. The fourth-order valence-corrected chi connectivity index (χ4v) is 2.52. The van der Waals surface area contributed by atoms with E-state index < -0.39 is 0 Å². The molecule has 3 atom stereocenters. The predicted octanol–water partition coefficient (Wildman–Crippen LogP) is 2.36. The monoisotopic (exact) mass is 195 g/mol. The minimum absolute atomic E-state index is 0.101. The fraction of sp³-hybridized carbons (Fsp3) is 0.750. The van der Waals surface area contributed by atoms with Crippen molar-refractivity contribution < 1.29 is 4.79 Å². The van der Waals surface area contributed by atoms with Crippen LogP contribution < -0.4 is 5.32 Å². The highest BCUT2D eigenvalue weighted by Crippen LogP contribution is 2.34. The molecule has 2 nitrogen and oxygen atoms in total. The summed E-state index contributed by atoms with van der Waals surface area (Å²) < 4.78 is 0. The summed E-state index contributed by atoms with van der Waals surface area (Å²) in [4.78, 5) is 11.6. The Balaban J connectivity index is 2.77. The first kappa shape index (κ1) is 11.3. The molecule has 0 aromatic heterocycles. The lowest BCUT2D eigenvalue weighted by molar-refractivity contribution is -0.125. The van der Waals surface area contributed by atoms with Crippen molar-refractivity contribution in [2.45, 2.75) is 33.1 Å². The molecule has 0 spiro atoms. The summed E-state index contributed by atoms with van der Waals surface area (Å²) in [5.41, 5.74) is 0. The van der Waals surface area contributed by atoms with Crippen LogP contribution >= 0.6 is 0 Å². The van der Waals surface area contributed by atoms with Crippen molar-refractivity contribution in [3.63, 3.8) is 0 Å². The zero-order valence-electron chi connectivity index (χ0n) is 9.42. The first-order valence-electron chi connectivity index (χ1n) is 5.62. The van der Waals surface area contributed by atoms with Crippen molar-refractivity contribution in [2.24, 2.45) is 17.8 Å². The molecule has 1 amide bonds. The number of hydrogen-bond donors (Lipinski definition) is 1. The third-order valence-corrected chi connectivity index (χ3v) is 3.39. The number of amides is 1. The van der Waals surface area contributed by atoms with Gasteiger partial charge in [-0.25, -0.2) is 0 Å². The van der Waals surface area contributed by atoms with Crippen LogP contribution in [0.5, 0.6) is 0 Å². The predicted molar refractivity (Wildman–Crippen MR) is 58.9 cm³/mol. The van der Waals surface area contributed by atoms with E-state index in [1.54, 1.807) is 7.05 Å². The molecular formula is C12H21NO. The average molecular weight is 195 g/mol. The van der Waals surface area contributed by atoms with Gasteiger partial charge in [-0.15, -0.1) is 0 Å². The van der Waals surface area contributed by atoms with Crippen LogP contribution in [0.4, 0.5) is 0 Å². The second-order valence-electron chi connectivity index (χ2n) is 4.04. The summed E-state index contributed by atoms with van der Waals surface area (Å²) in [7, 11) is 1.72. The van der Waals surface area contributed by atoms with Crippen molar-refractivity contribution >= 4 is 5.91 Å². The lowest BCUT2D eigenvalue weighted by Gasteiger charge is -2.32. The molecule has 0 radical (unpaired) electrons. The van der Waals surface area contributed by atoms with E-state index in [4.69, 9.17) is 0 Å². The van der Waals surface area contributed by atoms with Crippen LogP contribution in [0.3, 0.4) is 0 Å². The Morgan fingerprint density at radius 2 is 2.14 bits per heavy atom. The third kappa shape index (κ3) is 2.17. The second-order valence-corrected chi connectivity index (χ2v) is 4.04. The topological polar surface area (TPSA) is 29.1 Å². The van der Waals surface area contributed by atoms with Gasteiger partial charge in [-0.1, -0.05) is 38.8 Å². The molecule has 1 aliphatic carbocycles. The van der Waals surface area contributed by atoms with Crippen molar-refractivity contribution in [1.82, 2.24) is 5.32 Å². The molecule has 1 N–H and O–H groups in total. The molecule has 0 heterocycles. The summed E-state index contributed by atoms with van der Waals surface area (Å²) in [5, 5.41) is 2.75. The van der Waals surface area contributed by atoms with Crippen molar-refractivity contribution in [1.29, 1.82) is 0 Å². The third-order valence-electron chi connectivity index (χ3n) is 3.39. The maximum absolute atomic E-state index is 11.6. The number of hydrogen-bond acceptors (Lipinski definition) is 1. The van der Waals surface area contributed by atoms with Gasteiger partial charge < -0.3 is 5.32 Å². The maximum Gasteiger partial charge on any atom is 0.226 e. The van der Waals surface area contributed by atoms with Gasteiger partial charge in [0.1, 0.15) is 0 Å². The Hall–Kier alpha value is -0.790. The van der Waals surface area contributed by atoms with Gasteiger partial charge in [0, 0.05) is 7.05 Å². The first-order chi connectivity index (χ1) is 6.74. The average Bonchev–Trinajstić information content (AvgIpc) is 2.26. The SMILES string of the molecule is CCC1CC=CC(C(=O)NC)C1CC. The van der Waals surface area contributed by atoms with Gasteiger partial charge in [-0.3, -0.25) is 4.79 Å². The summed E-state index contributed by atoms with van der Waals surface area (Å²) in [6.45, 7) is 4.40. The Morgan fingerprint density at radius 3 is 2.64 bits per heavy atom. The molecule has 0 aromatic rings. The molecule has 1 aliphatic rings. The van der Waals surface area contributed by atoms with E-state index in [0.717, 1.165) is 12.8 Å². The van der Waals surface area contributed by atoms with Crippen LogP contribution in [0, 0.1) is 17.8 Å². The van der Waals surface area contributed by atoms with Crippen molar-refractivity contribution in [3.05, 3.63) is 12.2 Å². The first-order valence-corrected chi connectivity index (χ1v) is 5.62. The van der Waals surface area contributed by atoms with Crippen LogP contribution in [0.1, 0.15) is 33.1 Å². The van der Waals surface area contributed by atoms with E-state index in [1.165, 1.54) is 6.42 Å². The van der Waals surface area contributed by atoms with E-state index in [9.17, 15) is 4.79 Å². The molecule has 0 bridgehead atoms. The largest absolute Gasteiger partial charge is 0.359 e. The number of rotatable bonds is 3. The Bertz CT molecular complexity index is 222. The van der Waals surface area contributed by atoms with E-state index in [1.807, 2.05) is 0 Å². The number of carbonyl (C=O) groups excluding carboxylic acids is 1. The second kappa shape index (κ2) is 5.18. The maximum atomic E-state index is 11.6. The standard InChI is InChI=1S/C12H21NO/c1-4-9-7-6-8-11(10(9)5-2)12(14)13-3/h6,8-11H,4-5,7H2,1-3H3,(H,13,14). The lowest BCUT2D eigenvalue weighted by Crippen LogP contribution is -2.36. The molecule has 0 fully saturated rings.